The van der Waals surface area contributed by atoms with Crippen molar-refractivity contribution in [2.75, 3.05) is 14.2 Å². The number of amides is 1. The molecule has 1 saturated carbocycles. The summed E-state index contributed by atoms with van der Waals surface area (Å²) in [5.41, 5.74) is 3.23. The molecule has 1 heterocycles. The molecule has 1 N–H and O–H groups in total. The minimum Gasteiger partial charge on any atom is -0.497 e. The van der Waals surface area contributed by atoms with Crippen molar-refractivity contribution in [1.82, 2.24) is 9.88 Å². The lowest BCUT2D eigenvalue weighted by molar-refractivity contribution is 0.0599. The Morgan fingerprint density at radius 3 is 2.35 bits per heavy atom. The van der Waals surface area contributed by atoms with E-state index in [0.29, 0.717) is 29.1 Å². The van der Waals surface area contributed by atoms with Gasteiger partial charge in [-0.25, -0.2) is 4.79 Å². The smallest absolute Gasteiger partial charge is 0.339 e. The van der Waals surface area contributed by atoms with Crippen molar-refractivity contribution >= 4 is 11.9 Å². The molecule has 0 radical (unpaired) electrons. The van der Waals surface area contributed by atoms with Crippen LogP contribution in [0.2, 0.25) is 0 Å². The van der Waals surface area contributed by atoms with Gasteiger partial charge in [0, 0.05) is 18.3 Å². The fraction of sp³-hybridized carbons (Fsp3) is 0.400. The zero-order valence-corrected chi connectivity index (χ0v) is 15.6. The average Bonchev–Trinajstić information content (AvgIpc) is 3.44. The van der Waals surface area contributed by atoms with Gasteiger partial charge in [-0.15, -0.1) is 0 Å². The van der Waals surface area contributed by atoms with Crippen molar-refractivity contribution in [3.63, 3.8) is 0 Å². The highest BCUT2D eigenvalue weighted by Gasteiger charge is 2.35. The van der Waals surface area contributed by atoms with Crippen LogP contribution in [-0.4, -0.2) is 42.0 Å². The number of aromatic nitrogens is 1. The molecule has 6 nitrogen and oxygen atoms in total. The zero-order chi connectivity index (χ0) is 18.8. The van der Waals surface area contributed by atoms with E-state index in [1.165, 1.54) is 7.11 Å². The predicted octanol–water partition coefficient (Wildman–Crippen LogP) is 3.23. The molecule has 2 aromatic rings. The minimum atomic E-state index is -0.427. The van der Waals surface area contributed by atoms with Gasteiger partial charge in [-0.3, -0.25) is 4.79 Å². The van der Waals surface area contributed by atoms with Crippen LogP contribution in [0.3, 0.4) is 0 Å². The number of rotatable bonds is 6. The molecule has 0 aliphatic heterocycles. The van der Waals surface area contributed by atoms with E-state index in [1.54, 1.807) is 21.0 Å². The first kappa shape index (κ1) is 18.0. The standard InChI is InChI=1S/C20H24N2O4/c1-12-17(20(24)26-4)13(2)21-18(12)19(23)22(15-7-8-15)11-14-5-9-16(25-3)10-6-14/h5-6,9-10,15,21H,7-8,11H2,1-4H3. The molecule has 0 atom stereocenters. The number of methoxy groups -OCH3 is 2. The number of carbonyl (C=O) groups is 2. The highest BCUT2D eigenvalue weighted by Crippen LogP contribution is 2.31. The second-order valence-corrected chi connectivity index (χ2v) is 6.63. The second-order valence-electron chi connectivity index (χ2n) is 6.63. The Morgan fingerprint density at radius 2 is 1.81 bits per heavy atom. The maximum absolute atomic E-state index is 13.2. The summed E-state index contributed by atoms with van der Waals surface area (Å²) in [5.74, 6) is 0.277. The van der Waals surface area contributed by atoms with Crippen LogP contribution in [0.15, 0.2) is 24.3 Å². The van der Waals surface area contributed by atoms with Crippen molar-refractivity contribution in [1.29, 1.82) is 0 Å². The first-order valence-corrected chi connectivity index (χ1v) is 8.67. The summed E-state index contributed by atoms with van der Waals surface area (Å²) < 4.78 is 10.0. The van der Waals surface area contributed by atoms with Gasteiger partial charge < -0.3 is 19.4 Å². The quantitative estimate of drug-likeness (QED) is 0.807. The molecule has 1 aliphatic carbocycles. The highest BCUT2D eigenvalue weighted by atomic mass is 16.5. The number of nitrogens with zero attached hydrogens (tertiary/aromatic N) is 1. The monoisotopic (exact) mass is 356 g/mol. The number of hydrogen-bond acceptors (Lipinski definition) is 4. The predicted molar refractivity (Wildman–Crippen MR) is 97.5 cm³/mol. The summed E-state index contributed by atoms with van der Waals surface area (Å²) in [6.07, 6.45) is 2.01. The third-order valence-electron chi connectivity index (χ3n) is 4.80. The van der Waals surface area contributed by atoms with E-state index in [0.717, 1.165) is 24.2 Å². The SMILES string of the molecule is COC(=O)c1c(C)[nH]c(C(=O)N(Cc2ccc(OC)cc2)C2CC2)c1C. The van der Waals surface area contributed by atoms with Crippen molar-refractivity contribution in [2.24, 2.45) is 0 Å². The number of H-pyrrole nitrogens is 1. The van der Waals surface area contributed by atoms with Gasteiger partial charge in [0.25, 0.3) is 5.91 Å². The van der Waals surface area contributed by atoms with Gasteiger partial charge in [-0.05, 0) is 49.9 Å². The van der Waals surface area contributed by atoms with E-state index in [1.807, 2.05) is 29.2 Å². The molecule has 1 aromatic heterocycles. The summed E-state index contributed by atoms with van der Waals surface area (Å²) in [5, 5.41) is 0. The largest absolute Gasteiger partial charge is 0.497 e. The van der Waals surface area contributed by atoms with Crippen LogP contribution in [0.5, 0.6) is 5.75 Å². The lowest BCUT2D eigenvalue weighted by Crippen LogP contribution is -2.33. The molecule has 26 heavy (non-hydrogen) atoms. The molecule has 0 unspecified atom stereocenters. The normalized spacial score (nSPS) is 13.4. The van der Waals surface area contributed by atoms with Gasteiger partial charge >= 0.3 is 5.97 Å². The Bertz CT molecular complexity index is 819. The summed E-state index contributed by atoms with van der Waals surface area (Å²) in [6.45, 7) is 4.08. The van der Waals surface area contributed by atoms with Crippen molar-refractivity contribution in [3.05, 3.63) is 52.3 Å². The van der Waals surface area contributed by atoms with Crippen molar-refractivity contribution < 1.29 is 19.1 Å². The first-order valence-electron chi connectivity index (χ1n) is 8.67. The average molecular weight is 356 g/mol. The fourth-order valence-electron chi connectivity index (χ4n) is 3.20. The number of ether oxygens (including phenoxy) is 2. The van der Waals surface area contributed by atoms with Gasteiger partial charge in [-0.1, -0.05) is 12.1 Å². The van der Waals surface area contributed by atoms with Crippen LogP contribution < -0.4 is 4.74 Å². The number of hydrogen-bond donors (Lipinski definition) is 1. The summed E-state index contributed by atoms with van der Waals surface area (Å²) in [4.78, 5) is 30.1. The van der Waals surface area contributed by atoms with Gasteiger partial charge in [0.05, 0.1) is 19.8 Å². The molecule has 0 bridgehead atoms. The molecular weight excluding hydrogens is 332 g/mol. The van der Waals surface area contributed by atoms with Gasteiger partial charge in [-0.2, -0.15) is 0 Å². The van der Waals surface area contributed by atoms with Crippen LogP contribution in [0.4, 0.5) is 0 Å². The van der Waals surface area contributed by atoms with Crippen LogP contribution in [0.1, 0.15) is 50.5 Å². The molecule has 1 fully saturated rings. The van der Waals surface area contributed by atoms with Crippen LogP contribution in [0.25, 0.3) is 0 Å². The molecular formula is C20H24N2O4. The van der Waals surface area contributed by atoms with Crippen molar-refractivity contribution in [2.45, 2.75) is 39.3 Å². The minimum absolute atomic E-state index is 0.0842. The van der Waals surface area contributed by atoms with Crippen molar-refractivity contribution in [3.8, 4) is 5.75 Å². The molecule has 6 heteroatoms. The van der Waals surface area contributed by atoms with E-state index < -0.39 is 5.97 Å². The molecule has 0 saturated heterocycles. The van der Waals surface area contributed by atoms with Crippen LogP contribution in [0, 0.1) is 13.8 Å². The second kappa shape index (κ2) is 7.23. The van der Waals surface area contributed by atoms with Gasteiger partial charge in [0.2, 0.25) is 0 Å². The maximum atomic E-state index is 13.2. The van der Waals surface area contributed by atoms with E-state index in [-0.39, 0.29) is 11.9 Å². The maximum Gasteiger partial charge on any atom is 0.339 e. The zero-order valence-electron chi connectivity index (χ0n) is 15.6. The Hall–Kier alpha value is -2.76. The van der Waals surface area contributed by atoms with E-state index in [2.05, 4.69) is 4.98 Å². The summed E-state index contributed by atoms with van der Waals surface area (Å²) >= 11 is 0. The van der Waals surface area contributed by atoms with Crippen LogP contribution >= 0.6 is 0 Å². The molecule has 1 amide bonds. The number of nitrogens with one attached hydrogen (secondary N) is 1. The fourth-order valence-corrected chi connectivity index (χ4v) is 3.20. The Morgan fingerprint density at radius 1 is 1.15 bits per heavy atom. The molecule has 1 aliphatic rings. The third kappa shape index (κ3) is 3.45. The Kier molecular flexibility index (Phi) is 5.02. The number of aromatic amines is 1. The number of carbonyl (C=O) groups excluding carboxylic acids is 2. The highest BCUT2D eigenvalue weighted by molar-refractivity contribution is 6.00. The van der Waals surface area contributed by atoms with Gasteiger partial charge in [0.15, 0.2) is 0 Å². The summed E-state index contributed by atoms with van der Waals surface area (Å²) in [7, 11) is 2.97. The lowest BCUT2D eigenvalue weighted by Gasteiger charge is -2.22. The number of esters is 1. The number of benzene rings is 1. The topological polar surface area (TPSA) is 71.6 Å². The molecule has 138 valence electrons. The van der Waals surface area contributed by atoms with Crippen LogP contribution in [-0.2, 0) is 11.3 Å². The molecule has 0 spiro atoms. The molecule has 1 aromatic carbocycles. The third-order valence-corrected chi connectivity index (χ3v) is 4.80. The Balaban J connectivity index is 1.86. The first-order chi connectivity index (χ1) is 12.5. The number of aryl methyl sites for hydroxylation is 1. The summed E-state index contributed by atoms with van der Waals surface area (Å²) in [6, 6.07) is 7.96. The Labute approximate surface area is 153 Å². The van der Waals surface area contributed by atoms with E-state index in [9.17, 15) is 9.59 Å². The molecule has 3 rings (SSSR count). The van der Waals surface area contributed by atoms with Gasteiger partial charge in [0.1, 0.15) is 11.4 Å². The van der Waals surface area contributed by atoms with E-state index >= 15 is 0 Å². The van der Waals surface area contributed by atoms with E-state index in [4.69, 9.17) is 9.47 Å². The lowest BCUT2D eigenvalue weighted by atomic mass is 10.1.